The zero-order chi connectivity index (χ0) is 12.2. The van der Waals surface area contributed by atoms with Crippen molar-refractivity contribution in [3.8, 4) is 6.07 Å². The Kier molecular flexibility index (Phi) is 9.27. The lowest BCUT2D eigenvalue weighted by atomic mass is 10.2. The highest BCUT2D eigenvalue weighted by Crippen LogP contribution is 2.01. The van der Waals surface area contributed by atoms with Crippen molar-refractivity contribution in [2.45, 2.75) is 26.2 Å². The summed E-state index contributed by atoms with van der Waals surface area (Å²) in [6, 6.07) is 1.77. The molecule has 0 aliphatic carbocycles. The molecule has 0 atom stereocenters. The van der Waals surface area contributed by atoms with Crippen molar-refractivity contribution in [1.29, 1.82) is 5.26 Å². The van der Waals surface area contributed by atoms with E-state index in [4.69, 9.17) is 10.00 Å². The normalized spacial score (nSPS) is 10.9. The van der Waals surface area contributed by atoms with Crippen molar-refractivity contribution >= 4 is 5.97 Å². The summed E-state index contributed by atoms with van der Waals surface area (Å²) in [7, 11) is 1.58. The fourth-order valence-corrected chi connectivity index (χ4v) is 0.866. The number of rotatable bonds is 8. The maximum Gasteiger partial charge on any atom is 0.383 e. The standard InChI is InChI=1S/C11H17NO4/c1-3-4-6-10(9-12)11(13)16-15-8-5-7-14-2/h6H,3-5,7-8H2,1-2H3. The zero-order valence-electron chi connectivity index (χ0n) is 9.69. The first kappa shape index (κ1) is 14.6. The molecule has 0 amide bonds. The van der Waals surface area contributed by atoms with E-state index in [1.54, 1.807) is 19.3 Å². The molecular weight excluding hydrogens is 210 g/mol. The van der Waals surface area contributed by atoms with Crippen molar-refractivity contribution < 1.29 is 19.3 Å². The number of nitriles is 1. The van der Waals surface area contributed by atoms with Crippen molar-refractivity contribution in [3.63, 3.8) is 0 Å². The van der Waals surface area contributed by atoms with Gasteiger partial charge in [0, 0.05) is 13.7 Å². The average molecular weight is 227 g/mol. The topological polar surface area (TPSA) is 68.6 Å². The van der Waals surface area contributed by atoms with Crippen LogP contribution in [0.25, 0.3) is 0 Å². The number of ether oxygens (including phenoxy) is 1. The van der Waals surface area contributed by atoms with Gasteiger partial charge >= 0.3 is 5.97 Å². The van der Waals surface area contributed by atoms with E-state index < -0.39 is 5.97 Å². The van der Waals surface area contributed by atoms with Gasteiger partial charge in [0.1, 0.15) is 11.6 Å². The zero-order valence-corrected chi connectivity index (χ0v) is 9.69. The SMILES string of the molecule is CCCC=C(C#N)C(=O)OOCCCOC. The van der Waals surface area contributed by atoms with Gasteiger partial charge in [-0.2, -0.15) is 10.1 Å². The number of carbonyl (C=O) groups is 1. The number of unbranched alkanes of at least 4 members (excludes halogenated alkanes) is 1. The molecule has 0 radical (unpaired) electrons. The van der Waals surface area contributed by atoms with E-state index in [9.17, 15) is 4.79 Å². The number of hydrogen-bond acceptors (Lipinski definition) is 5. The number of methoxy groups -OCH3 is 1. The first-order valence-corrected chi connectivity index (χ1v) is 5.19. The predicted molar refractivity (Wildman–Crippen MR) is 57.1 cm³/mol. The predicted octanol–water partition coefficient (Wildman–Crippen LogP) is 1.75. The van der Waals surface area contributed by atoms with Crippen LogP contribution in [0.5, 0.6) is 0 Å². The lowest BCUT2D eigenvalue weighted by Crippen LogP contribution is -2.09. The van der Waals surface area contributed by atoms with Crippen LogP contribution in [-0.4, -0.2) is 26.3 Å². The summed E-state index contributed by atoms with van der Waals surface area (Å²) in [6.45, 7) is 2.75. The molecule has 0 aliphatic rings. The molecule has 0 unspecified atom stereocenters. The molecule has 0 bridgehead atoms. The Morgan fingerprint density at radius 3 is 2.75 bits per heavy atom. The Balaban J connectivity index is 3.81. The van der Waals surface area contributed by atoms with Crippen LogP contribution < -0.4 is 0 Å². The van der Waals surface area contributed by atoms with Gasteiger partial charge in [-0.25, -0.2) is 4.79 Å². The molecule has 5 heteroatoms. The molecule has 0 aliphatic heterocycles. The lowest BCUT2D eigenvalue weighted by Gasteiger charge is -2.02. The molecule has 0 N–H and O–H groups in total. The summed E-state index contributed by atoms with van der Waals surface area (Å²) >= 11 is 0. The molecule has 0 aromatic carbocycles. The van der Waals surface area contributed by atoms with Gasteiger partial charge in [-0.3, -0.25) is 4.89 Å². The number of allylic oxidation sites excluding steroid dienone is 1. The summed E-state index contributed by atoms with van der Waals surface area (Å²) < 4.78 is 4.79. The molecular formula is C11H17NO4. The van der Waals surface area contributed by atoms with Crippen LogP contribution in [-0.2, 0) is 19.3 Å². The monoisotopic (exact) mass is 227 g/mol. The Morgan fingerprint density at radius 1 is 1.44 bits per heavy atom. The van der Waals surface area contributed by atoms with E-state index in [1.807, 2.05) is 6.92 Å². The minimum absolute atomic E-state index is 0.0198. The van der Waals surface area contributed by atoms with Gasteiger partial charge in [0.05, 0.1) is 6.61 Å². The summed E-state index contributed by atoms with van der Waals surface area (Å²) in [5, 5.41) is 8.67. The molecule has 90 valence electrons. The van der Waals surface area contributed by atoms with Crippen LogP contribution >= 0.6 is 0 Å². The first-order valence-electron chi connectivity index (χ1n) is 5.19. The minimum Gasteiger partial charge on any atom is -0.385 e. The summed E-state index contributed by atoms with van der Waals surface area (Å²) in [5.41, 5.74) is -0.0198. The third-order valence-corrected chi connectivity index (χ3v) is 1.69. The lowest BCUT2D eigenvalue weighted by molar-refractivity contribution is -0.269. The largest absolute Gasteiger partial charge is 0.385 e. The Hall–Kier alpha value is -1.38. The second-order valence-corrected chi connectivity index (χ2v) is 3.06. The fraction of sp³-hybridized carbons (Fsp3) is 0.636. The quantitative estimate of drug-likeness (QED) is 0.208. The van der Waals surface area contributed by atoms with E-state index in [0.29, 0.717) is 19.4 Å². The molecule has 0 rings (SSSR count). The van der Waals surface area contributed by atoms with E-state index >= 15 is 0 Å². The summed E-state index contributed by atoms with van der Waals surface area (Å²) in [6.07, 6.45) is 3.71. The van der Waals surface area contributed by atoms with Crippen LogP contribution in [0.15, 0.2) is 11.6 Å². The Bertz CT molecular complexity index is 268. The van der Waals surface area contributed by atoms with Crippen LogP contribution in [0.4, 0.5) is 0 Å². The van der Waals surface area contributed by atoms with Crippen molar-refractivity contribution in [2.75, 3.05) is 20.3 Å². The Labute approximate surface area is 95.5 Å². The molecule has 0 saturated carbocycles. The highest BCUT2D eigenvalue weighted by Gasteiger charge is 2.10. The van der Waals surface area contributed by atoms with Crippen LogP contribution in [0.2, 0.25) is 0 Å². The second kappa shape index (κ2) is 10.1. The summed E-state index contributed by atoms with van der Waals surface area (Å²) in [4.78, 5) is 20.3. The van der Waals surface area contributed by atoms with Crippen molar-refractivity contribution in [1.82, 2.24) is 0 Å². The molecule has 0 saturated heterocycles. The van der Waals surface area contributed by atoms with Crippen LogP contribution in [0.3, 0.4) is 0 Å². The number of carbonyl (C=O) groups excluding carboxylic acids is 1. The van der Waals surface area contributed by atoms with Crippen LogP contribution in [0.1, 0.15) is 26.2 Å². The molecule has 0 spiro atoms. The van der Waals surface area contributed by atoms with Crippen molar-refractivity contribution in [3.05, 3.63) is 11.6 Å². The minimum atomic E-state index is -0.742. The third-order valence-electron chi connectivity index (χ3n) is 1.69. The average Bonchev–Trinajstić information content (AvgIpc) is 2.30. The van der Waals surface area contributed by atoms with Gasteiger partial charge in [0.25, 0.3) is 0 Å². The van der Waals surface area contributed by atoms with E-state index in [0.717, 1.165) is 6.42 Å². The van der Waals surface area contributed by atoms with E-state index in [2.05, 4.69) is 9.78 Å². The van der Waals surface area contributed by atoms with E-state index in [-0.39, 0.29) is 12.2 Å². The molecule has 0 aromatic heterocycles. The van der Waals surface area contributed by atoms with Gasteiger partial charge in [-0.1, -0.05) is 19.4 Å². The maximum atomic E-state index is 11.2. The highest BCUT2D eigenvalue weighted by atomic mass is 17.2. The number of hydrogen-bond donors (Lipinski definition) is 0. The highest BCUT2D eigenvalue weighted by molar-refractivity contribution is 5.92. The first-order chi connectivity index (χ1) is 7.76. The maximum absolute atomic E-state index is 11.2. The molecule has 0 aromatic rings. The second-order valence-electron chi connectivity index (χ2n) is 3.06. The molecule has 0 heterocycles. The Morgan fingerprint density at radius 2 is 2.19 bits per heavy atom. The molecule has 0 fully saturated rings. The van der Waals surface area contributed by atoms with Crippen molar-refractivity contribution in [2.24, 2.45) is 0 Å². The molecule has 16 heavy (non-hydrogen) atoms. The van der Waals surface area contributed by atoms with Gasteiger partial charge < -0.3 is 4.74 Å². The smallest absolute Gasteiger partial charge is 0.383 e. The fourth-order valence-electron chi connectivity index (χ4n) is 0.866. The van der Waals surface area contributed by atoms with Gasteiger partial charge in [-0.15, -0.1) is 0 Å². The van der Waals surface area contributed by atoms with Gasteiger partial charge in [0.2, 0.25) is 0 Å². The van der Waals surface area contributed by atoms with Gasteiger partial charge in [-0.05, 0) is 12.8 Å². The van der Waals surface area contributed by atoms with Crippen LogP contribution in [0, 0.1) is 11.3 Å². The van der Waals surface area contributed by atoms with E-state index in [1.165, 1.54) is 0 Å². The number of nitrogens with zero attached hydrogens (tertiary/aromatic N) is 1. The van der Waals surface area contributed by atoms with Gasteiger partial charge in [0.15, 0.2) is 0 Å². The molecule has 5 nitrogen and oxygen atoms in total. The summed E-state index contributed by atoms with van der Waals surface area (Å²) in [5.74, 6) is -0.742. The third kappa shape index (κ3) is 6.98.